The Morgan fingerprint density at radius 2 is 1.86 bits per heavy atom. The lowest BCUT2D eigenvalue weighted by atomic mass is 9.97. The van der Waals surface area contributed by atoms with E-state index in [1.807, 2.05) is 0 Å². The average Bonchev–Trinajstić information content (AvgIpc) is 3.22. The second-order valence-corrected chi connectivity index (χ2v) is 7.57. The number of benzene rings is 1. The normalized spacial score (nSPS) is 13.4. The second kappa shape index (κ2) is 10.1. The molecule has 7 nitrogen and oxygen atoms in total. The van der Waals surface area contributed by atoms with Gasteiger partial charge in [0.05, 0.1) is 14.2 Å². The van der Waals surface area contributed by atoms with Gasteiger partial charge in [-0.25, -0.2) is 4.98 Å². The topological polar surface area (TPSA) is 89.6 Å². The molecular formula is C21H25N3O4S. The van der Waals surface area contributed by atoms with Crippen LogP contribution in [0.1, 0.15) is 53.0 Å². The van der Waals surface area contributed by atoms with Crippen LogP contribution in [0, 0.1) is 0 Å². The second-order valence-electron chi connectivity index (χ2n) is 6.71. The van der Waals surface area contributed by atoms with E-state index in [9.17, 15) is 9.59 Å². The zero-order valence-corrected chi connectivity index (χ0v) is 17.4. The zero-order chi connectivity index (χ0) is 20.6. The average molecular weight is 416 g/mol. The Labute approximate surface area is 174 Å². The number of allylic oxidation sites excluding steroid dienone is 1. The molecule has 2 aromatic rings. The van der Waals surface area contributed by atoms with Gasteiger partial charge in [0.2, 0.25) is 0 Å². The lowest BCUT2D eigenvalue weighted by Gasteiger charge is -2.12. The Bertz CT molecular complexity index is 885. The Balaban J connectivity index is 1.56. The molecule has 2 amide bonds. The number of amides is 2. The Morgan fingerprint density at radius 1 is 1.10 bits per heavy atom. The molecule has 0 fully saturated rings. The molecular weight excluding hydrogens is 390 g/mol. The molecule has 3 rings (SSSR count). The van der Waals surface area contributed by atoms with Crippen molar-refractivity contribution in [3.8, 4) is 11.5 Å². The van der Waals surface area contributed by atoms with Gasteiger partial charge in [-0.1, -0.05) is 11.6 Å². The predicted molar refractivity (Wildman–Crippen MR) is 113 cm³/mol. The summed E-state index contributed by atoms with van der Waals surface area (Å²) in [5.41, 5.74) is 2.09. The molecule has 0 saturated carbocycles. The number of carbonyl (C=O) groups excluding carboxylic acids is 2. The fourth-order valence-corrected chi connectivity index (χ4v) is 3.79. The van der Waals surface area contributed by atoms with Gasteiger partial charge in [-0.05, 0) is 44.2 Å². The van der Waals surface area contributed by atoms with Crippen LogP contribution in [-0.4, -0.2) is 37.6 Å². The third-order valence-electron chi connectivity index (χ3n) is 4.69. The van der Waals surface area contributed by atoms with E-state index in [0.717, 1.165) is 19.3 Å². The molecule has 1 aromatic heterocycles. The number of aromatic nitrogens is 1. The van der Waals surface area contributed by atoms with Crippen molar-refractivity contribution >= 4 is 28.3 Å². The van der Waals surface area contributed by atoms with Crippen molar-refractivity contribution in [1.29, 1.82) is 0 Å². The van der Waals surface area contributed by atoms with Crippen LogP contribution < -0.4 is 20.1 Å². The molecule has 154 valence electrons. The maximum absolute atomic E-state index is 12.5. The zero-order valence-electron chi connectivity index (χ0n) is 16.6. The third-order valence-corrected chi connectivity index (χ3v) is 5.45. The first kappa shape index (κ1) is 20.9. The van der Waals surface area contributed by atoms with Crippen molar-refractivity contribution in [2.24, 2.45) is 0 Å². The van der Waals surface area contributed by atoms with Gasteiger partial charge in [0.15, 0.2) is 5.13 Å². The number of ether oxygens (including phenoxy) is 2. The molecule has 0 saturated heterocycles. The molecule has 0 atom stereocenters. The quantitative estimate of drug-likeness (QED) is 0.636. The van der Waals surface area contributed by atoms with Gasteiger partial charge in [0.25, 0.3) is 11.8 Å². The van der Waals surface area contributed by atoms with Crippen LogP contribution >= 0.6 is 11.3 Å². The van der Waals surface area contributed by atoms with Crippen LogP contribution in [0.3, 0.4) is 0 Å². The molecule has 0 spiro atoms. The molecule has 0 aliphatic heterocycles. The summed E-state index contributed by atoms with van der Waals surface area (Å²) in [7, 11) is 3.04. The number of thiazole rings is 1. The number of methoxy groups -OCH3 is 2. The highest BCUT2D eigenvalue weighted by molar-refractivity contribution is 7.14. The number of hydrogen-bond donors (Lipinski definition) is 2. The van der Waals surface area contributed by atoms with Gasteiger partial charge in [0, 0.05) is 23.6 Å². The summed E-state index contributed by atoms with van der Waals surface area (Å²) in [6.45, 7) is 0.591. The van der Waals surface area contributed by atoms with Crippen molar-refractivity contribution in [3.63, 3.8) is 0 Å². The standard InChI is InChI=1S/C21H25N3O4S/c1-27-16-10-15(11-17(12-16)28-2)19(25)24-21-23-18(13-29-21)20(26)22-9-8-14-6-4-3-5-7-14/h6,10-13H,3-5,7-9H2,1-2H3,(H,22,26)(H,23,24,25). The van der Waals surface area contributed by atoms with Crippen LogP contribution in [-0.2, 0) is 0 Å². The number of rotatable bonds is 8. The van der Waals surface area contributed by atoms with Crippen LogP contribution in [0.5, 0.6) is 11.5 Å². The fraction of sp³-hybridized carbons (Fsp3) is 0.381. The maximum Gasteiger partial charge on any atom is 0.270 e. The number of carbonyl (C=O) groups is 2. The van der Waals surface area contributed by atoms with E-state index in [4.69, 9.17) is 9.47 Å². The van der Waals surface area contributed by atoms with Crippen molar-refractivity contribution in [2.45, 2.75) is 32.1 Å². The molecule has 1 aromatic carbocycles. The van der Waals surface area contributed by atoms with Gasteiger partial charge in [-0.15, -0.1) is 11.3 Å². The largest absolute Gasteiger partial charge is 0.497 e. The summed E-state index contributed by atoms with van der Waals surface area (Å²) < 4.78 is 10.4. The molecule has 0 unspecified atom stereocenters. The van der Waals surface area contributed by atoms with Crippen molar-refractivity contribution < 1.29 is 19.1 Å². The number of nitrogens with one attached hydrogen (secondary N) is 2. The van der Waals surface area contributed by atoms with E-state index < -0.39 is 0 Å². The molecule has 1 heterocycles. The van der Waals surface area contributed by atoms with Crippen LogP contribution in [0.15, 0.2) is 35.2 Å². The van der Waals surface area contributed by atoms with Crippen molar-refractivity contribution in [3.05, 3.63) is 46.5 Å². The molecule has 8 heteroatoms. The van der Waals surface area contributed by atoms with Crippen LogP contribution in [0.4, 0.5) is 5.13 Å². The summed E-state index contributed by atoms with van der Waals surface area (Å²) in [5.74, 6) is 0.442. The first-order chi connectivity index (χ1) is 14.1. The predicted octanol–water partition coefficient (Wildman–Crippen LogP) is 4.03. The number of nitrogens with zero attached hydrogens (tertiary/aromatic N) is 1. The van der Waals surface area contributed by atoms with Crippen molar-refractivity contribution in [1.82, 2.24) is 10.3 Å². The first-order valence-corrected chi connectivity index (χ1v) is 10.4. The molecule has 2 N–H and O–H groups in total. The van der Waals surface area contributed by atoms with E-state index in [1.54, 1.807) is 23.6 Å². The molecule has 1 aliphatic rings. The van der Waals surface area contributed by atoms with E-state index >= 15 is 0 Å². The molecule has 0 radical (unpaired) electrons. The van der Waals surface area contributed by atoms with Gasteiger partial charge < -0.3 is 14.8 Å². The summed E-state index contributed by atoms with van der Waals surface area (Å²) >= 11 is 1.20. The summed E-state index contributed by atoms with van der Waals surface area (Å²) in [5, 5.41) is 7.60. The van der Waals surface area contributed by atoms with Crippen molar-refractivity contribution in [2.75, 3.05) is 26.1 Å². The van der Waals surface area contributed by atoms with Crippen LogP contribution in [0.25, 0.3) is 0 Å². The van der Waals surface area contributed by atoms with E-state index in [2.05, 4.69) is 21.7 Å². The summed E-state index contributed by atoms with van der Waals surface area (Å²) in [6, 6.07) is 4.91. The minimum absolute atomic E-state index is 0.235. The molecule has 0 bridgehead atoms. The Kier molecular flexibility index (Phi) is 7.24. The Morgan fingerprint density at radius 3 is 2.52 bits per heavy atom. The highest BCUT2D eigenvalue weighted by Crippen LogP contribution is 2.24. The highest BCUT2D eigenvalue weighted by Gasteiger charge is 2.15. The smallest absolute Gasteiger partial charge is 0.270 e. The lowest BCUT2D eigenvalue weighted by Crippen LogP contribution is -2.25. The lowest BCUT2D eigenvalue weighted by molar-refractivity contribution is 0.0948. The highest BCUT2D eigenvalue weighted by atomic mass is 32.1. The molecule has 1 aliphatic carbocycles. The number of anilines is 1. The van der Waals surface area contributed by atoms with Gasteiger partial charge in [-0.2, -0.15) is 0 Å². The van der Waals surface area contributed by atoms with E-state index in [0.29, 0.717) is 34.4 Å². The minimum atomic E-state index is -0.354. The first-order valence-electron chi connectivity index (χ1n) is 9.55. The Hall–Kier alpha value is -2.87. The monoisotopic (exact) mass is 415 g/mol. The summed E-state index contributed by atoms with van der Waals surface area (Å²) in [6.07, 6.45) is 7.89. The maximum atomic E-state index is 12.5. The third kappa shape index (κ3) is 5.80. The number of hydrogen-bond acceptors (Lipinski definition) is 6. The summed E-state index contributed by atoms with van der Waals surface area (Å²) in [4.78, 5) is 29.0. The SMILES string of the molecule is COc1cc(OC)cc(C(=O)Nc2nc(C(=O)NCCC3=CCCCC3)cs2)c1. The molecule has 29 heavy (non-hydrogen) atoms. The fourth-order valence-electron chi connectivity index (χ4n) is 3.10. The van der Waals surface area contributed by atoms with Gasteiger partial charge in [0.1, 0.15) is 17.2 Å². The van der Waals surface area contributed by atoms with E-state index in [1.165, 1.54) is 44.0 Å². The van der Waals surface area contributed by atoms with Crippen LogP contribution in [0.2, 0.25) is 0 Å². The van der Waals surface area contributed by atoms with E-state index in [-0.39, 0.29) is 11.8 Å². The van der Waals surface area contributed by atoms with Gasteiger partial charge >= 0.3 is 0 Å². The van der Waals surface area contributed by atoms with Gasteiger partial charge in [-0.3, -0.25) is 14.9 Å². The minimum Gasteiger partial charge on any atom is -0.497 e.